The zero-order chi connectivity index (χ0) is 9.84. The predicted molar refractivity (Wildman–Crippen MR) is 48.7 cm³/mol. The van der Waals surface area contributed by atoms with Crippen LogP contribution in [0.3, 0.4) is 0 Å². The van der Waals surface area contributed by atoms with Crippen LogP contribution in [0.5, 0.6) is 0 Å². The van der Waals surface area contributed by atoms with Crippen molar-refractivity contribution in [1.82, 2.24) is 0 Å². The number of nitro groups is 1. The zero-order valence-corrected chi connectivity index (χ0v) is 7.44. The highest BCUT2D eigenvalue weighted by Gasteiger charge is 2.13. The number of hydrogen-bond acceptors (Lipinski definition) is 3. The molecule has 0 aliphatic heterocycles. The Hall–Kier alpha value is -1.13. The first-order valence-corrected chi connectivity index (χ1v) is 4.09. The van der Waals surface area contributed by atoms with Crippen LogP contribution in [-0.2, 0) is 6.42 Å². The summed E-state index contributed by atoms with van der Waals surface area (Å²) in [5, 5.41) is 19.3. The molecule has 5 heteroatoms. The Morgan fingerprint density at radius 1 is 1.54 bits per heavy atom. The predicted octanol–water partition coefficient (Wildman–Crippen LogP) is 1.69. The molecule has 1 atom stereocenters. The van der Waals surface area contributed by atoms with Crippen molar-refractivity contribution in [2.24, 2.45) is 0 Å². The fourth-order valence-electron chi connectivity index (χ4n) is 1.04. The minimum atomic E-state index is -1.08. The lowest BCUT2D eigenvalue weighted by Gasteiger charge is -2.02. The first kappa shape index (κ1) is 9.95. The molecule has 1 rings (SSSR count). The lowest BCUT2D eigenvalue weighted by molar-refractivity contribution is -0.385. The fourth-order valence-corrected chi connectivity index (χ4v) is 1.21. The van der Waals surface area contributed by atoms with E-state index in [1.807, 2.05) is 0 Å². The molecule has 0 bridgehead atoms. The van der Waals surface area contributed by atoms with Crippen LogP contribution in [0.25, 0.3) is 0 Å². The maximum absolute atomic E-state index is 10.5. The molecule has 1 N–H and O–H groups in total. The van der Waals surface area contributed by atoms with Crippen molar-refractivity contribution in [2.45, 2.75) is 12.0 Å². The van der Waals surface area contributed by atoms with Gasteiger partial charge < -0.3 is 5.11 Å². The average Bonchev–Trinajstić information content (AvgIpc) is 2.03. The molecule has 0 saturated heterocycles. The smallest absolute Gasteiger partial charge is 0.272 e. The highest BCUT2D eigenvalue weighted by Crippen LogP contribution is 2.19. The number of halogens is 1. The lowest BCUT2D eigenvalue weighted by atomic mass is 10.1. The Labute approximate surface area is 79.9 Å². The highest BCUT2D eigenvalue weighted by atomic mass is 35.5. The Morgan fingerprint density at radius 3 is 2.69 bits per heavy atom. The van der Waals surface area contributed by atoms with Gasteiger partial charge in [0.1, 0.15) is 5.56 Å². The van der Waals surface area contributed by atoms with Crippen molar-refractivity contribution in [1.29, 1.82) is 0 Å². The molecule has 0 heterocycles. The molecule has 0 aliphatic carbocycles. The molecule has 4 nitrogen and oxygen atoms in total. The topological polar surface area (TPSA) is 63.4 Å². The Balaban J connectivity index is 2.98. The summed E-state index contributed by atoms with van der Waals surface area (Å²) >= 11 is 5.32. The second kappa shape index (κ2) is 4.20. The van der Waals surface area contributed by atoms with E-state index in [9.17, 15) is 10.1 Å². The molecule has 0 aromatic heterocycles. The van der Waals surface area contributed by atoms with Crippen LogP contribution in [0.1, 0.15) is 5.56 Å². The molecule has 0 radical (unpaired) electrons. The third-order valence-corrected chi connectivity index (χ3v) is 1.73. The van der Waals surface area contributed by atoms with Crippen LogP contribution in [0.4, 0.5) is 5.69 Å². The summed E-state index contributed by atoms with van der Waals surface area (Å²) in [7, 11) is 0. The van der Waals surface area contributed by atoms with E-state index in [-0.39, 0.29) is 12.1 Å². The molecule has 0 aliphatic rings. The molecule has 1 aromatic rings. The van der Waals surface area contributed by atoms with E-state index in [2.05, 4.69) is 0 Å². The molecule has 13 heavy (non-hydrogen) atoms. The minimum absolute atomic E-state index is 0.0119. The number of aliphatic hydroxyl groups excluding tert-OH is 1. The van der Waals surface area contributed by atoms with E-state index in [1.165, 1.54) is 6.07 Å². The van der Waals surface area contributed by atoms with Crippen molar-refractivity contribution in [2.75, 3.05) is 0 Å². The van der Waals surface area contributed by atoms with Crippen molar-refractivity contribution in [3.63, 3.8) is 0 Å². The molecule has 0 saturated carbocycles. The maximum atomic E-state index is 10.5. The summed E-state index contributed by atoms with van der Waals surface area (Å²) < 4.78 is 0. The van der Waals surface area contributed by atoms with Crippen LogP contribution in [-0.4, -0.2) is 15.6 Å². The second-order valence-corrected chi connectivity index (χ2v) is 3.03. The number of benzene rings is 1. The van der Waals surface area contributed by atoms with E-state index in [0.717, 1.165) is 0 Å². The van der Waals surface area contributed by atoms with Gasteiger partial charge in [-0.05, 0) is 0 Å². The first-order valence-electron chi connectivity index (χ1n) is 3.65. The third kappa shape index (κ3) is 2.68. The first-order chi connectivity index (χ1) is 6.11. The number of alkyl halides is 1. The molecule has 0 fully saturated rings. The molecule has 0 amide bonds. The summed E-state index contributed by atoms with van der Waals surface area (Å²) in [6, 6.07) is 6.20. The summed E-state index contributed by atoms with van der Waals surface area (Å²) in [5.74, 6) is 0. The largest absolute Gasteiger partial charge is 0.377 e. The standard InChI is InChI=1S/C8H8ClNO3/c9-8(11)5-6-3-1-2-4-7(6)10(12)13/h1-4,8,11H,5H2. The normalized spacial score (nSPS) is 12.5. The van der Waals surface area contributed by atoms with Gasteiger partial charge in [-0.3, -0.25) is 10.1 Å². The quantitative estimate of drug-likeness (QED) is 0.460. The number of rotatable bonds is 3. The SMILES string of the molecule is O=[N+]([O-])c1ccccc1CC(O)Cl. The van der Waals surface area contributed by atoms with Gasteiger partial charge in [0.25, 0.3) is 5.69 Å². The van der Waals surface area contributed by atoms with Gasteiger partial charge in [-0.1, -0.05) is 29.8 Å². The van der Waals surface area contributed by atoms with Crippen molar-refractivity contribution in [3.05, 3.63) is 39.9 Å². The summed E-state index contributed by atoms with van der Waals surface area (Å²) in [6.07, 6.45) is 0.0821. The van der Waals surface area contributed by atoms with Gasteiger partial charge in [-0.15, -0.1) is 0 Å². The molecule has 0 spiro atoms. The molecular formula is C8H8ClNO3. The van der Waals surface area contributed by atoms with E-state index >= 15 is 0 Å². The monoisotopic (exact) mass is 201 g/mol. The minimum Gasteiger partial charge on any atom is -0.377 e. The van der Waals surface area contributed by atoms with Crippen molar-refractivity contribution in [3.8, 4) is 0 Å². The Morgan fingerprint density at radius 2 is 2.15 bits per heavy atom. The van der Waals surface area contributed by atoms with Gasteiger partial charge in [-0.2, -0.15) is 0 Å². The molecular weight excluding hydrogens is 194 g/mol. The van der Waals surface area contributed by atoms with Gasteiger partial charge >= 0.3 is 0 Å². The van der Waals surface area contributed by atoms with Crippen molar-refractivity contribution >= 4 is 17.3 Å². The van der Waals surface area contributed by atoms with Crippen molar-refractivity contribution < 1.29 is 10.0 Å². The van der Waals surface area contributed by atoms with E-state index in [4.69, 9.17) is 16.7 Å². The number of nitrogens with zero attached hydrogens (tertiary/aromatic N) is 1. The molecule has 70 valence electrons. The van der Waals surface area contributed by atoms with E-state index < -0.39 is 10.5 Å². The number of nitro benzene ring substituents is 1. The summed E-state index contributed by atoms with van der Waals surface area (Å²) in [4.78, 5) is 9.99. The van der Waals surface area contributed by atoms with Crippen LogP contribution in [0, 0.1) is 10.1 Å². The maximum Gasteiger partial charge on any atom is 0.272 e. The van der Waals surface area contributed by atoms with E-state index in [1.54, 1.807) is 18.2 Å². The van der Waals surface area contributed by atoms with Gasteiger partial charge in [-0.25, -0.2) is 0 Å². The number of aliphatic hydroxyl groups is 1. The second-order valence-electron chi connectivity index (χ2n) is 2.52. The lowest BCUT2D eigenvalue weighted by Crippen LogP contribution is -2.03. The van der Waals surface area contributed by atoms with Gasteiger partial charge in [0.15, 0.2) is 0 Å². The molecule has 1 aromatic carbocycles. The Kier molecular flexibility index (Phi) is 3.22. The third-order valence-electron chi connectivity index (χ3n) is 1.58. The zero-order valence-electron chi connectivity index (χ0n) is 6.68. The van der Waals surface area contributed by atoms with Crippen LogP contribution < -0.4 is 0 Å². The van der Waals surface area contributed by atoms with Gasteiger partial charge in [0, 0.05) is 18.1 Å². The van der Waals surface area contributed by atoms with Gasteiger partial charge in [0.2, 0.25) is 0 Å². The Bertz CT molecular complexity index is 314. The van der Waals surface area contributed by atoms with E-state index in [0.29, 0.717) is 5.56 Å². The summed E-state index contributed by atoms with van der Waals surface area (Å²) in [6.45, 7) is 0. The van der Waals surface area contributed by atoms with Crippen LogP contribution in [0.2, 0.25) is 0 Å². The number of para-hydroxylation sites is 1. The molecule has 1 unspecified atom stereocenters. The highest BCUT2D eigenvalue weighted by molar-refractivity contribution is 6.19. The average molecular weight is 202 g/mol. The number of hydrogen-bond donors (Lipinski definition) is 1. The van der Waals surface area contributed by atoms with Crippen LogP contribution >= 0.6 is 11.6 Å². The van der Waals surface area contributed by atoms with Crippen LogP contribution in [0.15, 0.2) is 24.3 Å². The van der Waals surface area contributed by atoms with Gasteiger partial charge in [0.05, 0.1) is 4.92 Å². The summed E-state index contributed by atoms with van der Waals surface area (Å²) in [5.41, 5.74) is -0.654. The fraction of sp³-hybridized carbons (Fsp3) is 0.250.